The molecular weight excluding hydrogens is 478 g/mol. The summed E-state index contributed by atoms with van der Waals surface area (Å²) in [6, 6.07) is 15.7. The number of rotatable bonds is 12. The molecule has 0 radical (unpaired) electrons. The Morgan fingerprint density at radius 2 is 1.49 bits per heavy atom. The van der Waals surface area contributed by atoms with Gasteiger partial charge in [0, 0.05) is 25.1 Å². The van der Waals surface area contributed by atoms with Gasteiger partial charge in [0.1, 0.15) is 17.1 Å². The van der Waals surface area contributed by atoms with Crippen LogP contribution in [0, 0.1) is 0 Å². The van der Waals surface area contributed by atoms with E-state index < -0.39 is 23.7 Å². The van der Waals surface area contributed by atoms with Crippen LogP contribution in [-0.2, 0) is 23.9 Å². The van der Waals surface area contributed by atoms with E-state index in [1.165, 1.54) is 7.11 Å². The largest absolute Gasteiger partial charge is 0.469 e. The smallest absolute Gasteiger partial charge is 0.407 e. The molecule has 10 nitrogen and oxygen atoms in total. The summed E-state index contributed by atoms with van der Waals surface area (Å²) < 4.78 is 15.6. The molecule has 0 aliphatic carbocycles. The fourth-order valence-electron chi connectivity index (χ4n) is 3.10. The number of amides is 3. The van der Waals surface area contributed by atoms with Crippen molar-refractivity contribution in [2.24, 2.45) is 0 Å². The van der Waals surface area contributed by atoms with Gasteiger partial charge >= 0.3 is 12.1 Å². The molecule has 2 rings (SSSR count). The van der Waals surface area contributed by atoms with Crippen molar-refractivity contribution in [1.29, 1.82) is 0 Å². The molecule has 0 bridgehead atoms. The van der Waals surface area contributed by atoms with Gasteiger partial charge in [-0.2, -0.15) is 0 Å². The van der Waals surface area contributed by atoms with Crippen molar-refractivity contribution in [2.45, 2.75) is 58.1 Å². The lowest BCUT2D eigenvalue weighted by atomic mass is 10.1. The maximum atomic E-state index is 12.5. The Morgan fingerprint density at radius 3 is 2.11 bits per heavy atom. The lowest BCUT2D eigenvalue weighted by Gasteiger charge is -2.24. The second-order valence-electron chi connectivity index (χ2n) is 9.25. The summed E-state index contributed by atoms with van der Waals surface area (Å²) in [5.74, 6) is 0.220. The lowest BCUT2D eigenvalue weighted by Crippen LogP contribution is -2.45. The van der Waals surface area contributed by atoms with Gasteiger partial charge < -0.3 is 30.2 Å². The van der Waals surface area contributed by atoms with Crippen LogP contribution in [0.15, 0.2) is 54.6 Å². The third-order valence-corrected chi connectivity index (χ3v) is 4.89. The molecule has 1 unspecified atom stereocenters. The van der Waals surface area contributed by atoms with Crippen molar-refractivity contribution >= 4 is 29.6 Å². The summed E-state index contributed by atoms with van der Waals surface area (Å²) in [6.07, 6.45) is -0.422. The molecule has 0 aliphatic rings. The van der Waals surface area contributed by atoms with Gasteiger partial charge in [-0.15, -0.1) is 0 Å². The number of anilines is 1. The van der Waals surface area contributed by atoms with Crippen LogP contribution in [0.1, 0.15) is 46.5 Å². The minimum atomic E-state index is -0.702. The van der Waals surface area contributed by atoms with Gasteiger partial charge in [0.05, 0.1) is 19.6 Å². The van der Waals surface area contributed by atoms with E-state index in [9.17, 15) is 19.2 Å². The quantitative estimate of drug-likeness (QED) is 0.363. The van der Waals surface area contributed by atoms with E-state index in [2.05, 4.69) is 20.7 Å². The van der Waals surface area contributed by atoms with Crippen molar-refractivity contribution in [2.75, 3.05) is 19.0 Å². The van der Waals surface area contributed by atoms with Gasteiger partial charge in [0.15, 0.2) is 0 Å². The maximum Gasteiger partial charge on any atom is 0.407 e. The monoisotopic (exact) mass is 513 g/mol. The number of esters is 1. The molecule has 10 heteroatoms. The number of ether oxygens (including phenoxy) is 3. The normalized spacial score (nSPS) is 11.6. The Morgan fingerprint density at radius 1 is 0.838 bits per heavy atom. The predicted molar refractivity (Wildman–Crippen MR) is 138 cm³/mol. The van der Waals surface area contributed by atoms with Gasteiger partial charge in [-0.25, -0.2) is 4.79 Å². The molecule has 1 atom stereocenters. The summed E-state index contributed by atoms with van der Waals surface area (Å²) in [6.45, 7) is 5.28. The van der Waals surface area contributed by atoms with Crippen molar-refractivity contribution in [3.05, 3.63) is 54.6 Å². The molecule has 0 saturated heterocycles. The second-order valence-corrected chi connectivity index (χ2v) is 9.25. The summed E-state index contributed by atoms with van der Waals surface area (Å²) in [4.78, 5) is 48.1. The number of hydrogen-bond donors (Lipinski definition) is 3. The number of nitrogens with one attached hydrogen (secondary N) is 3. The van der Waals surface area contributed by atoms with Crippen molar-refractivity contribution in [1.82, 2.24) is 10.6 Å². The van der Waals surface area contributed by atoms with Crippen LogP contribution in [0.3, 0.4) is 0 Å². The number of para-hydroxylation sites is 1. The molecule has 0 fully saturated rings. The zero-order chi connectivity index (χ0) is 27.3. The second kappa shape index (κ2) is 14.5. The molecule has 2 aromatic rings. The number of alkyl carbamates (subject to hydrolysis) is 1. The number of carbonyl (C=O) groups is 4. The lowest BCUT2D eigenvalue weighted by molar-refractivity contribution is -0.142. The van der Waals surface area contributed by atoms with E-state index in [1.807, 2.05) is 30.3 Å². The molecule has 200 valence electrons. The first-order valence-electron chi connectivity index (χ1n) is 12.0. The third kappa shape index (κ3) is 12.4. The highest BCUT2D eigenvalue weighted by molar-refractivity contribution is 5.90. The van der Waals surface area contributed by atoms with E-state index in [0.717, 1.165) is 0 Å². The van der Waals surface area contributed by atoms with E-state index in [0.29, 0.717) is 17.2 Å². The van der Waals surface area contributed by atoms with Gasteiger partial charge in [0.25, 0.3) is 0 Å². The van der Waals surface area contributed by atoms with Gasteiger partial charge in [-0.05, 0) is 63.6 Å². The summed E-state index contributed by atoms with van der Waals surface area (Å²) in [7, 11) is 1.25. The van der Waals surface area contributed by atoms with Gasteiger partial charge in [0.2, 0.25) is 11.8 Å². The molecule has 0 spiro atoms. The summed E-state index contributed by atoms with van der Waals surface area (Å²) >= 11 is 0. The van der Waals surface area contributed by atoms with Crippen molar-refractivity contribution in [3.8, 4) is 11.5 Å². The van der Waals surface area contributed by atoms with Crippen LogP contribution in [0.25, 0.3) is 0 Å². The van der Waals surface area contributed by atoms with Gasteiger partial charge in [-0.3, -0.25) is 14.4 Å². The first-order valence-corrected chi connectivity index (χ1v) is 12.0. The fraction of sp³-hybridized carbons (Fsp3) is 0.407. The average Bonchev–Trinajstić information content (AvgIpc) is 2.84. The topological polar surface area (TPSA) is 132 Å². The van der Waals surface area contributed by atoms with E-state index in [-0.39, 0.29) is 44.0 Å². The minimum Gasteiger partial charge on any atom is -0.469 e. The Hall–Kier alpha value is -4.08. The number of benzene rings is 2. The highest BCUT2D eigenvalue weighted by Crippen LogP contribution is 2.22. The number of carbonyl (C=O) groups excluding carboxylic acids is 4. The molecule has 0 aromatic heterocycles. The molecule has 2 aromatic carbocycles. The SMILES string of the molecule is COC(=O)CCC(=O)NCC(CCC(=O)Nc1ccc(Oc2ccccc2)cc1)NC(=O)OC(C)(C)C. The summed E-state index contributed by atoms with van der Waals surface area (Å²) in [5, 5.41) is 8.17. The zero-order valence-corrected chi connectivity index (χ0v) is 21.7. The maximum absolute atomic E-state index is 12.5. The first kappa shape index (κ1) is 29.2. The first-order chi connectivity index (χ1) is 17.5. The van der Waals surface area contributed by atoms with Crippen LogP contribution in [0.4, 0.5) is 10.5 Å². The Bertz CT molecular complexity index is 1030. The molecule has 0 aliphatic heterocycles. The minimum absolute atomic E-state index is 0.0453. The van der Waals surface area contributed by atoms with Crippen LogP contribution in [-0.4, -0.2) is 49.2 Å². The molecule has 0 heterocycles. The Balaban J connectivity index is 1.88. The van der Waals surface area contributed by atoms with E-state index in [4.69, 9.17) is 9.47 Å². The van der Waals surface area contributed by atoms with Crippen molar-refractivity contribution < 1.29 is 33.4 Å². The average molecular weight is 514 g/mol. The van der Waals surface area contributed by atoms with Gasteiger partial charge in [-0.1, -0.05) is 18.2 Å². The van der Waals surface area contributed by atoms with Crippen LogP contribution < -0.4 is 20.7 Å². The molecular formula is C27H35N3O7. The Kier molecular flexibility index (Phi) is 11.4. The summed E-state index contributed by atoms with van der Waals surface area (Å²) in [5.41, 5.74) is -0.107. The molecule has 3 amide bonds. The molecule has 0 saturated carbocycles. The highest BCUT2D eigenvalue weighted by Gasteiger charge is 2.21. The zero-order valence-electron chi connectivity index (χ0n) is 21.7. The Labute approximate surface area is 217 Å². The van der Waals surface area contributed by atoms with Crippen LogP contribution in [0.2, 0.25) is 0 Å². The van der Waals surface area contributed by atoms with Crippen LogP contribution in [0.5, 0.6) is 11.5 Å². The van der Waals surface area contributed by atoms with Crippen LogP contribution >= 0.6 is 0 Å². The number of methoxy groups -OCH3 is 1. The highest BCUT2D eigenvalue weighted by atomic mass is 16.6. The molecule has 3 N–H and O–H groups in total. The third-order valence-electron chi connectivity index (χ3n) is 4.89. The van der Waals surface area contributed by atoms with Crippen molar-refractivity contribution in [3.63, 3.8) is 0 Å². The standard InChI is InChI=1S/C27H35N3O7/c1-27(2,3)37-26(34)30-20(18-28-23(31)16-17-25(33)35-4)12-15-24(32)29-19-10-13-22(14-11-19)36-21-8-6-5-7-9-21/h5-11,13-14,20H,12,15-18H2,1-4H3,(H,28,31)(H,29,32)(H,30,34). The van der Waals surface area contributed by atoms with E-state index in [1.54, 1.807) is 45.0 Å². The number of hydrogen-bond acceptors (Lipinski definition) is 7. The fourth-order valence-corrected chi connectivity index (χ4v) is 3.10. The van der Waals surface area contributed by atoms with E-state index >= 15 is 0 Å². The predicted octanol–water partition coefficient (Wildman–Crippen LogP) is 4.16. The molecule has 37 heavy (non-hydrogen) atoms.